The lowest BCUT2D eigenvalue weighted by molar-refractivity contribution is 0.102. The Balaban J connectivity index is 1.65. The molecule has 0 aliphatic carbocycles. The zero-order valence-corrected chi connectivity index (χ0v) is 15.9. The van der Waals surface area contributed by atoms with Crippen molar-refractivity contribution in [2.24, 2.45) is 0 Å². The van der Waals surface area contributed by atoms with E-state index in [1.165, 1.54) is 0 Å². The summed E-state index contributed by atoms with van der Waals surface area (Å²) in [6.07, 6.45) is 0. The number of nitrogens with one attached hydrogen (secondary N) is 1. The van der Waals surface area contributed by atoms with Crippen molar-refractivity contribution in [2.45, 2.75) is 20.8 Å². The third-order valence-corrected chi connectivity index (χ3v) is 4.50. The van der Waals surface area contributed by atoms with Gasteiger partial charge in [-0.05, 0) is 45.0 Å². The lowest BCUT2D eigenvalue weighted by atomic mass is 10.1. The first-order valence-electron chi connectivity index (χ1n) is 8.99. The van der Waals surface area contributed by atoms with Crippen molar-refractivity contribution < 1.29 is 9.32 Å². The minimum atomic E-state index is -0.261. The maximum absolute atomic E-state index is 13.0. The molecule has 0 fully saturated rings. The summed E-state index contributed by atoms with van der Waals surface area (Å²) in [4.78, 5) is 13.0. The standard InChI is InChI=1S/C22H20N4O2/c1-14-12-15(2)26(24-14)19-11-7-10-18(13-19)23-22(27)20-16(3)28-25-21(20)17-8-5-4-6-9-17/h4-13H,1-3H3,(H,23,27). The van der Waals surface area contributed by atoms with Gasteiger partial charge in [-0.25, -0.2) is 4.68 Å². The molecule has 0 aliphatic heterocycles. The number of hydrogen-bond acceptors (Lipinski definition) is 4. The monoisotopic (exact) mass is 372 g/mol. The van der Waals surface area contributed by atoms with E-state index in [2.05, 4.69) is 15.6 Å². The van der Waals surface area contributed by atoms with Gasteiger partial charge in [-0.1, -0.05) is 41.6 Å². The second-order valence-corrected chi connectivity index (χ2v) is 6.67. The molecule has 28 heavy (non-hydrogen) atoms. The van der Waals surface area contributed by atoms with Crippen molar-refractivity contribution in [3.8, 4) is 16.9 Å². The highest BCUT2D eigenvalue weighted by atomic mass is 16.5. The Labute approximate surface area is 162 Å². The fourth-order valence-electron chi connectivity index (χ4n) is 3.23. The van der Waals surface area contributed by atoms with Crippen LogP contribution in [0.5, 0.6) is 0 Å². The summed E-state index contributed by atoms with van der Waals surface area (Å²) < 4.78 is 7.15. The Morgan fingerprint density at radius 3 is 2.50 bits per heavy atom. The zero-order valence-electron chi connectivity index (χ0n) is 15.9. The highest BCUT2D eigenvalue weighted by Gasteiger charge is 2.21. The van der Waals surface area contributed by atoms with Gasteiger partial charge in [-0.15, -0.1) is 0 Å². The molecule has 0 aliphatic rings. The summed E-state index contributed by atoms with van der Waals surface area (Å²) in [5, 5.41) is 11.5. The van der Waals surface area contributed by atoms with Gasteiger partial charge in [0.15, 0.2) is 0 Å². The van der Waals surface area contributed by atoms with Crippen LogP contribution in [0.1, 0.15) is 27.5 Å². The number of benzene rings is 2. The average molecular weight is 372 g/mol. The predicted molar refractivity (Wildman–Crippen MR) is 108 cm³/mol. The predicted octanol–water partition coefficient (Wildman–Crippen LogP) is 4.70. The maximum atomic E-state index is 13.0. The molecule has 4 rings (SSSR count). The Bertz CT molecular complexity index is 1140. The largest absolute Gasteiger partial charge is 0.360 e. The van der Waals surface area contributed by atoms with Crippen molar-refractivity contribution in [2.75, 3.05) is 5.32 Å². The number of nitrogens with zero attached hydrogens (tertiary/aromatic N) is 3. The molecular weight excluding hydrogens is 352 g/mol. The lowest BCUT2D eigenvalue weighted by Crippen LogP contribution is -2.14. The fraction of sp³-hybridized carbons (Fsp3) is 0.136. The van der Waals surface area contributed by atoms with Crippen LogP contribution in [-0.2, 0) is 0 Å². The highest BCUT2D eigenvalue weighted by molar-refractivity contribution is 6.08. The van der Waals surface area contributed by atoms with E-state index in [9.17, 15) is 4.79 Å². The van der Waals surface area contributed by atoms with Gasteiger partial charge < -0.3 is 9.84 Å². The van der Waals surface area contributed by atoms with E-state index in [0.717, 1.165) is 22.6 Å². The quantitative estimate of drug-likeness (QED) is 0.563. The van der Waals surface area contributed by atoms with Crippen molar-refractivity contribution in [1.82, 2.24) is 14.9 Å². The Kier molecular flexibility index (Phi) is 4.53. The molecule has 1 amide bonds. The number of hydrogen-bond donors (Lipinski definition) is 1. The van der Waals surface area contributed by atoms with Crippen molar-refractivity contribution >= 4 is 11.6 Å². The van der Waals surface area contributed by atoms with Crippen molar-refractivity contribution in [1.29, 1.82) is 0 Å². The van der Waals surface area contributed by atoms with Gasteiger partial charge in [-0.3, -0.25) is 4.79 Å². The van der Waals surface area contributed by atoms with Crippen LogP contribution >= 0.6 is 0 Å². The summed E-state index contributed by atoms with van der Waals surface area (Å²) >= 11 is 0. The van der Waals surface area contributed by atoms with Crippen LogP contribution in [-0.4, -0.2) is 20.8 Å². The van der Waals surface area contributed by atoms with Gasteiger partial charge in [0.05, 0.1) is 11.4 Å². The number of aromatic nitrogens is 3. The Morgan fingerprint density at radius 2 is 1.79 bits per heavy atom. The van der Waals surface area contributed by atoms with E-state index in [-0.39, 0.29) is 5.91 Å². The minimum absolute atomic E-state index is 0.261. The van der Waals surface area contributed by atoms with Crippen LogP contribution in [0.2, 0.25) is 0 Å². The molecule has 6 nitrogen and oxygen atoms in total. The third-order valence-electron chi connectivity index (χ3n) is 4.50. The van der Waals surface area contributed by atoms with Crippen molar-refractivity contribution in [3.63, 3.8) is 0 Å². The second-order valence-electron chi connectivity index (χ2n) is 6.67. The third kappa shape index (κ3) is 3.32. The van der Waals surface area contributed by atoms with E-state index in [4.69, 9.17) is 4.52 Å². The lowest BCUT2D eigenvalue weighted by Gasteiger charge is -2.09. The molecular formula is C22H20N4O2. The molecule has 2 aromatic heterocycles. The van der Waals surface area contributed by atoms with E-state index in [1.54, 1.807) is 6.92 Å². The summed E-state index contributed by atoms with van der Waals surface area (Å²) in [6.45, 7) is 5.69. The smallest absolute Gasteiger partial charge is 0.261 e. The van der Waals surface area contributed by atoms with E-state index in [1.807, 2.05) is 79.2 Å². The van der Waals surface area contributed by atoms with Gasteiger partial charge in [0, 0.05) is 16.9 Å². The summed E-state index contributed by atoms with van der Waals surface area (Å²) in [6, 6.07) is 19.1. The number of carbonyl (C=O) groups excluding carboxylic acids is 1. The first kappa shape index (κ1) is 17.7. The topological polar surface area (TPSA) is 73.0 Å². The van der Waals surface area contributed by atoms with Crippen LogP contribution in [0.3, 0.4) is 0 Å². The average Bonchev–Trinajstić information content (AvgIpc) is 3.24. The zero-order chi connectivity index (χ0) is 19.7. The molecule has 0 radical (unpaired) electrons. The van der Waals surface area contributed by atoms with Gasteiger partial charge in [0.2, 0.25) is 0 Å². The molecule has 0 saturated carbocycles. The molecule has 4 aromatic rings. The first-order valence-corrected chi connectivity index (χ1v) is 8.99. The normalized spacial score (nSPS) is 10.8. The van der Waals surface area contributed by atoms with Gasteiger partial charge >= 0.3 is 0 Å². The minimum Gasteiger partial charge on any atom is -0.360 e. The molecule has 0 spiro atoms. The van der Waals surface area contributed by atoms with E-state index in [0.29, 0.717) is 22.7 Å². The first-order chi connectivity index (χ1) is 13.5. The summed E-state index contributed by atoms with van der Waals surface area (Å²) in [5.74, 6) is 0.217. The van der Waals surface area contributed by atoms with Crippen LogP contribution in [0, 0.1) is 20.8 Å². The number of carbonyl (C=O) groups is 1. The van der Waals surface area contributed by atoms with Gasteiger partial charge in [0.1, 0.15) is 17.0 Å². The number of rotatable bonds is 4. The summed E-state index contributed by atoms with van der Waals surface area (Å²) in [5.41, 5.74) is 5.33. The van der Waals surface area contributed by atoms with Gasteiger partial charge in [-0.2, -0.15) is 5.10 Å². The fourth-order valence-corrected chi connectivity index (χ4v) is 3.23. The highest BCUT2D eigenvalue weighted by Crippen LogP contribution is 2.26. The van der Waals surface area contributed by atoms with Crippen LogP contribution < -0.4 is 5.32 Å². The van der Waals surface area contributed by atoms with E-state index < -0.39 is 0 Å². The molecule has 0 saturated heterocycles. The SMILES string of the molecule is Cc1cc(C)n(-c2cccc(NC(=O)c3c(-c4ccccc4)noc3C)c2)n1. The molecule has 1 N–H and O–H groups in total. The van der Waals surface area contributed by atoms with Crippen molar-refractivity contribution in [3.05, 3.63) is 83.4 Å². The van der Waals surface area contributed by atoms with E-state index >= 15 is 0 Å². The van der Waals surface area contributed by atoms with Crippen LogP contribution in [0.25, 0.3) is 16.9 Å². The number of aryl methyl sites for hydroxylation is 3. The molecule has 2 heterocycles. The molecule has 0 unspecified atom stereocenters. The molecule has 6 heteroatoms. The van der Waals surface area contributed by atoms with Crippen LogP contribution in [0.4, 0.5) is 5.69 Å². The van der Waals surface area contributed by atoms with Crippen LogP contribution in [0.15, 0.2) is 65.2 Å². The maximum Gasteiger partial charge on any atom is 0.261 e. The number of anilines is 1. The second kappa shape index (κ2) is 7.15. The molecule has 0 bridgehead atoms. The number of amides is 1. The molecule has 140 valence electrons. The summed E-state index contributed by atoms with van der Waals surface area (Å²) in [7, 11) is 0. The Morgan fingerprint density at radius 1 is 1.00 bits per heavy atom. The molecule has 2 aromatic carbocycles. The van der Waals surface area contributed by atoms with Gasteiger partial charge in [0.25, 0.3) is 5.91 Å². The Hall–Kier alpha value is -3.67. The molecule has 0 atom stereocenters.